The van der Waals surface area contributed by atoms with Crippen molar-refractivity contribution in [3.63, 3.8) is 0 Å². The number of hydrogen-bond donors (Lipinski definition) is 1. The summed E-state index contributed by atoms with van der Waals surface area (Å²) in [7, 11) is 1.48. The van der Waals surface area contributed by atoms with E-state index in [0.717, 1.165) is 6.42 Å². The maximum absolute atomic E-state index is 8.22. The van der Waals surface area contributed by atoms with E-state index in [4.69, 9.17) is 5.26 Å². The second-order valence-corrected chi connectivity index (χ2v) is 3.01. The van der Waals surface area contributed by atoms with Crippen LogP contribution in [0.25, 0.3) is 0 Å². The fourth-order valence-electron chi connectivity index (χ4n) is 1.29. The van der Waals surface area contributed by atoms with Crippen LogP contribution in [-0.2, 0) is 0 Å². The third kappa shape index (κ3) is 4.40. The van der Waals surface area contributed by atoms with E-state index in [1.54, 1.807) is 5.23 Å². The van der Waals surface area contributed by atoms with Crippen molar-refractivity contribution in [2.45, 2.75) is 25.7 Å². The van der Waals surface area contributed by atoms with Crippen LogP contribution in [0.1, 0.15) is 25.7 Å². The molecule has 0 heterocycles. The number of allylic oxidation sites excluding steroid dienone is 2. The maximum Gasteiger partial charge on any atom is 0.124 e. The van der Waals surface area contributed by atoms with Crippen molar-refractivity contribution in [2.75, 3.05) is 6.54 Å². The molecule has 66 valence electrons. The molecule has 0 saturated heterocycles. The molecule has 0 amide bonds. The summed E-state index contributed by atoms with van der Waals surface area (Å²) in [5.41, 5.74) is 1.27. The fraction of sp³-hybridized carbons (Fsp3) is 0.500. The smallest absolute Gasteiger partial charge is 0.124 e. The van der Waals surface area contributed by atoms with Gasteiger partial charge < -0.3 is 5.23 Å². The van der Waals surface area contributed by atoms with Gasteiger partial charge in [-0.05, 0) is 37.2 Å². The zero-order valence-corrected chi connectivity index (χ0v) is 7.71. The van der Waals surface area contributed by atoms with E-state index in [1.165, 1.54) is 32.3 Å². The minimum Gasteiger partial charge on any atom is -0.559 e. The van der Waals surface area contributed by atoms with Crippen LogP contribution >= 0.6 is 0 Å². The largest absolute Gasteiger partial charge is 0.559 e. The Morgan fingerprint density at radius 3 is 3.15 bits per heavy atom. The maximum atomic E-state index is 8.22. The highest BCUT2D eigenvalue weighted by atomic mass is 14.7. The van der Waals surface area contributed by atoms with Gasteiger partial charge in [-0.25, -0.2) is 5.26 Å². The molecule has 0 aliphatic heterocycles. The van der Waals surface area contributed by atoms with E-state index in [1.807, 2.05) is 5.97 Å². The van der Waals surface area contributed by atoms with Gasteiger partial charge in [0.05, 0.1) is 6.54 Å². The SMILES string of the molecule is N#C[B-][NH2+]CC#CC1=CCCCC1. The Labute approximate surface area is 80.3 Å². The molecule has 1 aliphatic carbocycles. The Morgan fingerprint density at radius 2 is 2.46 bits per heavy atom. The summed E-state index contributed by atoms with van der Waals surface area (Å²) in [5, 5.41) is 10.0. The molecule has 0 aromatic rings. The van der Waals surface area contributed by atoms with Gasteiger partial charge in [0.15, 0.2) is 0 Å². The van der Waals surface area contributed by atoms with E-state index in [2.05, 4.69) is 17.9 Å². The molecule has 0 saturated carbocycles. The molecule has 1 rings (SSSR count). The Bertz CT molecular complexity index is 278. The topological polar surface area (TPSA) is 40.4 Å². The zero-order valence-electron chi connectivity index (χ0n) is 7.71. The van der Waals surface area contributed by atoms with Gasteiger partial charge in [-0.2, -0.15) is 0 Å². The monoisotopic (exact) mass is 172 g/mol. The lowest BCUT2D eigenvalue weighted by Gasteiger charge is -2.05. The van der Waals surface area contributed by atoms with E-state index in [0.29, 0.717) is 6.54 Å². The molecule has 0 bridgehead atoms. The van der Waals surface area contributed by atoms with Gasteiger partial charge >= 0.3 is 0 Å². The summed E-state index contributed by atoms with van der Waals surface area (Å²) in [4.78, 5) is 0. The molecule has 0 spiro atoms. The average molecular weight is 172 g/mol. The number of nitrogens with two attached hydrogens (primary N) is 1. The van der Waals surface area contributed by atoms with Gasteiger partial charge in [0.2, 0.25) is 0 Å². The lowest BCUT2D eigenvalue weighted by molar-refractivity contribution is -0.497. The molecular weight excluding hydrogens is 159 g/mol. The number of rotatable bonds is 2. The first-order valence-electron chi connectivity index (χ1n) is 4.66. The lowest BCUT2D eigenvalue weighted by Crippen LogP contribution is -2.86. The first-order valence-corrected chi connectivity index (χ1v) is 4.66. The van der Waals surface area contributed by atoms with Crippen molar-refractivity contribution in [2.24, 2.45) is 0 Å². The number of nitriles is 1. The molecule has 0 aromatic heterocycles. The van der Waals surface area contributed by atoms with Crippen LogP contribution in [0.3, 0.4) is 0 Å². The van der Waals surface area contributed by atoms with Crippen LogP contribution in [0, 0.1) is 23.1 Å². The minimum absolute atomic E-state index is 0.685. The van der Waals surface area contributed by atoms with E-state index >= 15 is 0 Å². The van der Waals surface area contributed by atoms with Crippen LogP contribution in [0.15, 0.2) is 11.6 Å². The highest BCUT2D eigenvalue weighted by Gasteiger charge is 1.98. The second kappa shape index (κ2) is 6.34. The molecule has 2 radical (unpaired) electrons. The van der Waals surface area contributed by atoms with Crippen LogP contribution in [0.2, 0.25) is 0 Å². The van der Waals surface area contributed by atoms with Crippen molar-refractivity contribution in [3.05, 3.63) is 11.6 Å². The molecule has 1 aliphatic rings. The van der Waals surface area contributed by atoms with E-state index < -0.39 is 0 Å². The van der Waals surface area contributed by atoms with Crippen molar-refractivity contribution < 1.29 is 5.23 Å². The first kappa shape index (κ1) is 9.90. The lowest BCUT2D eigenvalue weighted by atomic mass is 9.99. The Hall–Kier alpha value is -1.19. The molecule has 0 aromatic carbocycles. The number of hydrogen-bond acceptors (Lipinski definition) is 1. The molecule has 0 unspecified atom stereocenters. The van der Waals surface area contributed by atoms with Crippen LogP contribution < -0.4 is 5.23 Å². The number of quaternary nitrogens is 1. The summed E-state index contributed by atoms with van der Waals surface area (Å²) in [6, 6.07) is 0. The predicted octanol–water partition coefficient (Wildman–Crippen LogP) is 0.154. The third-order valence-electron chi connectivity index (χ3n) is 1.95. The van der Waals surface area contributed by atoms with Crippen LogP contribution in [-0.4, -0.2) is 14.0 Å². The fourth-order valence-corrected chi connectivity index (χ4v) is 1.29. The van der Waals surface area contributed by atoms with Gasteiger partial charge in [0, 0.05) is 0 Å². The minimum atomic E-state index is 0.685. The van der Waals surface area contributed by atoms with Gasteiger partial charge in [0.1, 0.15) is 7.41 Å². The first-order chi connectivity index (χ1) is 6.43. The molecule has 13 heavy (non-hydrogen) atoms. The molecule has 0 fully saturated rings. The molecule has 2 nitrogen and oxygen atoms in total. The standard InChI is InChI=1S/C10H13BN2/c12-9-11-13-8-4-7-10-5-2-1-3-6-10/h5H,1-3,6,8,13H2. The zero-order chi connectivity index (χ0) is 9.36. The van der Waals surface area contributed by atoms with Crippen molar-refractivity contribution in [1.82, 2.24) is 0 Å². The van der Waals surface area contributed by atoms with Gasteiger partial charge in [-0.3, -0.25) is 0 Å². The normalized spacial score (nSPS) is 15.2. The summed E-state index contributed by atoms with van der Waals surface area (Å²) in [5.74, 6) is 8.11. The summed E-state index contributed by atoms with van der Waals surface area (Å²) >= 11 is 0. The van der Waals surface area contributed by atoms with E-state index in [9.17, 15) is 0 Å². The van der Waals surface area contributed by atoms with Crippen molar-refractivity contribution in [1.29, 1.82) is 5.26 Å². The molecular formula is C10H13BN2. The Kier molecular flexibility index (Phi) is 4.83. The molecule has 3 heteroatoms. The summed E-state index contributed by atoms with van der Waals surface area (Å²) in [6.07, 6.45) is 7.12. The Balaban J connectivity index is 2.22. The molecule has 2 N–H and O–H groups in total. The highest BCUT2D eigenvalue weighted by molar-refractivity contribution is 6.34. The summed E-state index contributed by atoms with van der Waals surface area (Å²) in [6.45, 7) is 0.685. The second-order valence-electron chi connectivity index (χ2n) is 3.01. The van der Waals surface area contributed by atoms with E-state index in [-0.39, 0.29) is 0 Å². The summed E-state index contributed by atoms with van der Waals surface area (Å²) < 4.78 is 0. The van der Waals surface area contributed by atoms with Gasteiger partial charge in [-0.1, -0.05) is 12.0 Å². The van der Waals surface area contributed by atoms with Crippen LogP contribution in [0.4, 0.5) is 0 Å². The van der Waals surface area contributed by atoms with Gasteiger partial charge in [-0.15, -0.1) is 5.97 Å². The van der Waals surface area contributed by atoms with Crippen molar-refractivity contribution >= 4 is 7.41 Å². The van der Waals surface area contributed by atoms with Crippen molar-refractivity contribution in [3.8, 4) is 17.8 Å². The number of nitrogens with zero attached hydrogens (tertiary/aromatic N) is 1. The highest BCUT2D eigenvalue weighted by Crippen LogP contribution is 2.15. The third-order valence-corrected chi connectivity index (χ3v) is 1.95. The predicted molar refractivity (Wildman–Crippen MR) is 52.5 cm³/mol. The Morgan fingerprint density at radius 1 is 1.54 bits per heavy atom. The van der Waals surface area contributed by atoms with Gasteiger partial charge in [0.25, 0.3) is 0 Å². The van der Waals surface area contributed by atoms with Crippen LogP contribution in [0.5, 0.6) is 0 Å². The molecule has 0 atom stereocenters. The average Bonchev–Trinajstić information content (AvgIpc) is 2.19. The quantitative estimate of drug-likeness (QED) is 0.359.